The number of unbranched alkanes of at least 4 members (excludes halogenated alkanes) is 2. The maximum atomic E-state index is 11.3. The number of imide groups is 1. The van der Waals surface area contributed by atoms with Crippen molar-refractivity contribution >= 4 is 18.4 Å². The second-order valence-corrected chi connectivity index (χ2v) is 11.2. The molecule has 2 amide bonds. The van der Waals surface area contributed by atoms with E-state index in [9.17, 15) is 14.7 Å². The molecule has 1 aliphatic carbocycles. The number of nitrogens with zero attached hydrogens (tertiary/aromatic N) is 1. The van der Waals surface area contributed by atoms with Crippen molar-refractivity contribution in [2.45, 2.75) is 103 Å². The van der Waals surface area contributed by atoms with E-state index in [1.807, 2.05) is 6.08 Å². The number of amides is 2. The minimum Gasteiger partial charge on any atom is -0.493 e. The zero-order valence-electron chi connectivity index (χ0n) is 24.6. The van der Waals surface area contributed by atoms with Crippen LogP contribution in [0.25, 0.3) is 6.08 Å². The predicted octanol–water partition coefficient (Wildman–Crippen LogP) is 7.28. The predicted molar refractivity (Wildman–Crippen MR) is 159 cm³/mol. The highest BCUT2D eigenvalue weighted by Gasteiger charge is 2.32. The minimum atomic E-state index is -0.643. The summed E-state index contributed by atoms with van der Waals surface area (Å²) in [5, 5.41) is 10.7. The highest BCUT2D eigenvalue weighted by atomic mass is 16.5. The second-order valence-electron chi connectivity index (χ2n) is 11.2. The number of aryl methyl sites for hydroxylation is 2. The van der Waals surface area contributed by atoms with E-state index in [1.165, 1.54) is 34.1 Å². The molecule has 0 saturated heterocycles. The Kier molecular flexibility index (Phi) is 10.9. The highest BCUT2D eigenvalue weighted by molar-refractivity contribution is 5.83. The molecular weight excluding hydrogens is 486 g/mol. The van der Waals surface area contributed by atoms with Crippen LogP contribution in [-0.4, -0.2) is 41.1 Å². The van der Waals surface area contributed by atoms with E-state index in [-0.39, 0.29) is 11.3 Å². The van der Waals surface area contributed by atoms with E-state index in [0.29, 0.717) is 19.6 Å². The fraction of sp³-hybridized carbons (Fsp3) is 0.529. The summed E-state index contributed by atoms with van der Waals surface area (Å²) in [5.74, 6) is 0.689. The summed E-state index contributed by atoms with van der Waals surface area (Å²) in [6.07, 6.45) is 13.2. The van der Waals surface area contributed by atoms with Crippen molar-refractivity contribution in [2.75, 3.05) is 13.2 Å². The zero-order valence-corrected chi connectivity index (χ0v) is 24.6. The van der Waals surface area contributed by atoms with Gasteiger partial charge in [0.15, 0.2) is 0 Å². The summed E-state index contributed by atoms with van der Waals surface area (Å²) >= 11 is 0. The first kappa shape index (κ1) is 30.6. The second kappa shape index (κ2) is 13.9. The molecular formula is C34H47NO4. The summed E-state index contributed by atoms with van der Waals surface area (Å²) in [6.45, 7) is 11.3. The average Bonchev–Trinajstić information content (AvgIpc) is 3.36. The largest absolute Gasteiger partial charge is 0.493 e. The molecule has 1 N–H and O–H groups in total. The third kappa shape index (κ3) is 7.60. The molecule has 0 aromatic heterocycles. The fourth-order valence-electron chi connectivity index (χ4n) is 5.93. The van der Waals surface area contributed by atoms with Gasteiger partial charge in [-0.15, -0.1) is 0 Å². The van der Waals surface area contributed by atoms with Crippen molar-refractivity contribution in [1.29, 1.82) is 0 Å². The molecule has 0 unspecified atom stereocenters. The Morgan fingerprint density at radius 1 is 1.00 bits per heavy atom. The smallest absolute Gasteiger partial charge is 0.225 e. The monoisotopic (exact) mass is 533 g/mol. The lowest BCUT2D eigenvalue weighted by Crippen LogP contribution is -2.28. The van der Waals surface area contributed by atoms with E-state index in [2.05, 4.69) is 70.2 Å². The summed E-state index contributed by atoms with van der Waals surface area (Å²) < 4.78 is 6.09. The third-order valence-corrected chi connectivity index (χ3v) is 8.63. The van der Waals surface area contributed by atoms with Crippen molar-refractivity contribution in [3.63, 3.8) is 0 Å². The number of rotatable bonds is 14. The van der Waals surface area contributed by atoms with Gasteiger partial charge in [0.25, 0.3) is 0 Å². The van der Waals surface area contributed by atoms with Gasteiger partial charge in [0.05, 0.1) is 12.2 Å². The Balaban J connectivity index is 1.68. The molecule has 5 heteroatoms. The van der Waals surface area contributed by atoms with Gasteiger partial charge in [-0.3, -0.25) is 14.5 Å². The Labute approximate surface area is 235 Å². The zero-order chi connectivity index (χ0) is 28.5. The fourth-order valence-corrected chi connectivity index (χ4v) is 5.93. The molecule has 0 atom stereocenters. The summed E-state index contributed by atoms with van der Waals surface area (Å²) in [5.41, 5.74) is 5.43. The number of aliphatic hydroxyl groups is 1. The van der Waals surface area contributed by atoms with Gasteiger partial charge in [-0.1, -0.05) is 69.2 Å². The van der Waals surface area contributed by atoms with Gasteiger partial charge in [-0.05, 0) is 92.7 Å². The number of hydrogen-bond acceptors (Lipinski definition) is 4. The van der Waals surface area contributed by atoms with E-state index < -0.39 is 5.60 Å². The molecule has 1 aliphatic rings. The van der Waals surface area contributed by atoms with Crippen molar-refractivity contribution in [2.24, 2.45) is 0 Å². The molecule has 2 aromatic rings. The van der Waals surface area contributed by atoms with Crippen LogP contribution in [0.15, 0.2) is 42.5 Å². The number of hydrogen-bond donors (Lipinski definition) is 1. The van der Waals surface area contributed by atoms with Crippen LogP contribution in [-0.2, 0) is 15.0 Å². The molecule has 2 aromatic carbocycles. The van der Waals surface area contributed by atoms with Crippen LogP contribution < -0.4 is 4.74 Å². The first-order chi connectivity index (χ1) is 18.7. The average molecular weight is 534 g/mol. The quantitative estimate of drug-likeness (QED) is 0.205. The van der Waals surface area contributed by atoms with E-state index in [4.69, 9.17) is 4.74 Å². The summed E-state index contributed by atoms with van der Waals surface area (Å²) in [6, 6.07) is 13.4. The third-order valence-electron chi connectivity index (χ3n) is 8.63. The van der Waals surface area contributed by atoms with Gasteiger partial charge < -0.3 is 9.84 Å². The van der Waals surface area contributed by atoms with Crippen LogP contribution in [0.4, 0.5) is 0 Å². The van der Waals surface area contributed by atoms with Crippen LogP contribution >= 0.6 is 0 Å². The molecule has 3 rings (SSSR count). The van der Waals surface area contributed by atoms with E-state index >= 15 is 0 Å². The molecule has 1 fully saturated rings. The van der Waals surface area contributed by atoms with Gasteiger partial charge in [0.2, 0.25) is 12.3 Å². The standard InChI is InChI=1S/C34H47NO4/c1-6-34(7-2,30-14-13-29(26(3)23-30)17-20-33(38)18-9-10-19-33)31-15-16-32(27(4)24-31)39-22-12-8-11-21-35(25-36)28(5)37/h13-17,20,23-25,38H,6-12,18-19,21-22H2,1-5H3. The molecule has 5 nitrogen and oxygen atoms in total. The van der Waals surface area contributed by atoms with Crippen molar-refractivity contribution < 1.29 is 19.4 Å². The summed E-state index contributed by atoms with van der Waals surface area (Å²) in [4.78, 5) is 23.4. The highest BCUT2D eigenvalue weighted by Crippen LogP contribution is 2.41. The molecule has 212 valence electrons. The molecule has 0 heterocycles. The van der Waals surface area contributed by atoms with Crippen LogP contribution in [0.1, 0.15) is 106 Å². The maximum Gasteiger partial charge on any atom is 0.225 e. The van der Waals surface area contributed by atoms with E-state index in [1.54, 1.807) is 0 Å². The minimum absolute atomic E-state index is 0.0822. The molecule has 0 radical (unpaired) electrons. The Morgan fingerprint density at radius 3 is 2.21 bits per heavy atom. The number of carbonyl (C=O) groups is 2. The molecule has 0 spiro atoms. The van der Waals surface area contributed by atoms with Crippen molar-refractivity contribution in [3.05, 3.63) is 70.3 Å². The first-order valence-electron chi connectivity index (χ1n) is 14.7. The molecule has 39 heavy (non-hydrogen) atoms. The first-order valence-corrected chi connectivity index (χ1v) is 14.7. The molecule has 1 saturated carbocycles. The number of carbonyl (C=O) groups excluding carboxylic acids is 2. The van der Waals surface area contributed by atoms with Gasteiger partial charge in [0, 0.05) is 18.9 Å². The van der Waals surface area contributed by atoms with Crippen LogP contribution in [0.3, 0.4) is 0 Å². The van der Waals surface area contributed by atoms with Gasteiger partial charge >= 0.3 is 0 Å². The van der Waals surface area contributed by atoms with Crippen molar-refractivity contribution in [1.82, 2.24) is 4.90 Å². The van der Waals surface area contributed by atoms with Gasteiger partial charge in [-0.2, -0.15) is 0 Å². The normalized spacial score (nSPS) is 15.0. The maximum absolute atomic E-state index is 11.3. The van der Waals surface area contributed by atoms with Crippen LogP contribution in [0.5, 0.6) is 5.75 Å². The molecule has 0 aliphatic heterocycles. The number of ether oxygens (including phenoxy) is 1. The van der Waals surface area contributed by atoms with Gasteiger partial charge in [-0.25, -0.2) is 0 Å². The Morgan fingerprint density at radius 2 is 1.64 bits per heavy atom. The summed E-state index contributed by atoms with van der Waals surface area (Å²) in [7, 11) is 0. The molecule has 0 bridgehead atoms. The van der Waals surface area contributed by atoms with Crippen LogP contribution in [0.2, 0.25) is 0 Å². The SMILES string of the molecule is CCC(CC)(c1ccc(C=CC2(O)CCCC2)c(C)c1)c1ccc(OCCCCCN(C=O)C(C)=O)c(C)c1. The Hall–Kier alpha value is -2.92. The van der Waals surface area contributed by atoms with Crippen molar-refractivity contribution in [3.8, 4) is 5.75 Å². The van der Waals surface area contributed by atoms with E-state index in [0.717, 1.165) is 69.1 Å². The lowest BCUT2D eigenvalue weighted by atomic mass is 9.70. The lowest BCUT2D eigenvalue weighted by molar-refractivity contribution is -0.136. The topological polar surface area (TPSA) is 66.8 Å². The van der Waals surface area contributed by atoms with Gasteiger partial charge in [0.1, 0.15) is 5.75 Å². The van der Waals surface area contributed by atoms with Crippen LogP contribution in [0, 0.1) is 13.8 Å². The lowest BCUT2D eigenvalue weighted by Gasteiger charge is -2.34. The Bertz CT molecular complexity index is 1140. The number of benzene rings is 2.